The van der Waals surface area contributed by atoms with Crippen molar-refractivity contribution >= 4 is 33.8 Å². The first kappa shape index (κ1) is 14.3. The summed E-state index contributed by atoms with van der Waals surface area (Å²) in [5.41, 5.74) is 0.465. The Morgan fingerprint density at radius 3 is 2.45 bits per heavy atom. The second-order valence-corrected chi connectivity index (χ2v) is 5.01. The Labute approximate surface area is 123 Å². The van der Waals surface area contributed by atoms with Crippen LogP contribution in [0, 0.1) is 0 Å². The lowest BCUT2D eigenvalue weighted by molar-refractivity contribution is -0.132. The predicted octanol–water partition coefficient (Wildman–Crippen LogP) is 3.78. The van der Waals surface area contributed by atoms with E-state index in [4.69, 9.17) is 9.52 Å². The van der Waals surface area contributed by atoms with E-state index in [1.165, 1.54) is 12.3 Å². The van der Waals surface area contributed by atoms with E-state index in [1.54, 1.807) is 36.4 Å². The van der Waals surface area contributed by atoms with Crippen LogP contribution in [0.1, 0.15) is 22.5 Å². The van der Waals surface area contributed by atoms with Gasteiger partial charge in [0.1, 0.15) is 5.76 Å². The van der Waals surface area contributed by atoms with Crippen molar-refractivity contribution in [3.05, 3.63) is 64.0 Å². The average Bonchev–Trinajstić information content (AvgIpc) is 2.91. The highest BCUT2D eigenvalue weighted by Gasteiger charge is 2.15. The molecule has 0 radical (unpaired) electrons. The molecule has 20 heavy (non-hydrogen) atoms. The zero-order chi connectivity index (χ0) is 14.5. The number of rotatable bonds is 5. The molecule has 0 bridgehead atoms. The normalized spacial score (nSPS) is 11.3. The van der Waals surface area contributed by atoms with Crippen LogP contribution in [0.15, 0.2) is 57.1 Å². The zero-order valence-corrected chi connectivity index (χ0v) is 12.0. The van der Waals surface area contributed by atoms with Gasteiger partial charge < -0.3 is 9.52 Å². The van der Waals surface area contributed by atoms with Gasteiger partial charge in [-0.3, -0.25) is 4.79 Å². The zero-order valence-electron chi connectivity index (χ0n) is 10.4. The fraction of sp³-hybridized carbons (Fsp3) is 0.0667. The van der Waals surface area contributed by atoms with Gasteiger partial charge in [0, 0.05) is 22.0 Å². The molecule has 1 aromatic heterocycles. The van der Waals surface area contributed by atoms with E-state index in [1.807, 2.05) is 0 Å². The largest absolute Gasteiger partial charge is 0.478 e. The van der Waals surface area contributed by atoms with Crippen LogP contribution in [-0.4, -0.2) is 16.9 Å². The monoisotopic (exact) mass is 334 g/mol. The number of ketones is 1. The topological polar surface area (TPSA) is 67.5 Å². The first-order valence-corrected chi connectivity index (χ1v) is 6.61. The summed E-state index contributed by atoms with van der Waals surface area (Å²) in [5.74, 6) is -0.976. The third kappa shape index (κ3) is 3.68. The van der Waals surface area contributed by atoms with Crippen LogP contribution in [0.3, 0.4) is 0 Å². The molecule has 0 atom stereocenters. The van der Waals surface area contributed by atoms with E-state index in [0.717, 1.165) is 4.47 Å². The Balaban J connectivity index is 2.18. The van der Waals surface area contributed by atoms with Crippen molar-refractivity contribution in [2.24, 2.45) is 0 Å². The van der Waals surface area contributed by atoms with Crippen molar-refractivity contribution in [2.75, 3.05) is 0 Å². The van der Waals surface area contributed by atoms with Crippen LogP contribution in [-0.2, 0) is 4.79 Å². The maximum atomic E-state index is 12.0. The highest BCUT2D eigenvalue weighted by atomic mass is 79.9. The molecule has 2 aromatic rings. The van der Waals surface area contributed by atoms with Crippen molar-refractivity contribution in [1.29, 1.82) is 0 Å². The van der Waals surface area contributed by atoms with E-state index in [2.05, 4.69) is 15.9 Å². The van der Waals surface area contributed by atoms with Gasteiger partial charge in [-0.05, 0) is 30.3 Å². The molecule has 1 heterocycles. The molecule has 0 aliphatic carbocycles. The van der Waals surface area contributed by atoms with E-state index < -0.39 is 5.97 Å². The summed E-state index contributed by atoms with van der Waals surface area (Å²) >= 11 is 3.28. The molecule has 0 fully saturated rings. The molecular formula is C15H11BrO4. The lowest BCUT2D eigenvalue weighted by Crippen LogP contribution is -2.07. The molecule has 102 valence electrons. The summed E-state index contributed by atoms with van der Waals surface area (Å²) in [4.78, 5) is 23.2. The second-order valence-electron chi connectivity index (χ2n) is 4.10. The van der Waals surface area contributed by atoms with Crippen molar-refractivity contribution in [3.63, 3.8) is 0 Å². The Bertz CT molecular complexity index is 639. The number of carbonyl (C=O) groups excluding carboxylic acids is 1. The molecule has 2 rings (SSSR count). The molecule has 1 N–H and O–H groups in total. The molecule has 4 nitrogen and oxygen atoms in total. The molecule has 0 unspecified atom stereocenters. The van der Waals surface area contributed by atoms with Gasteiger partial charge in [-0.15, -0.1) is 0 Å². The number of Topliss-reactive ketones (excluding diaryl/α,β-unsaturated/α-hetero) is 1. The SMILES string of the molecule is O=C(O)C(=Cc1ccco1)CC(=O)c1ccc(Br)cc1. The number of carbonyl (C=O) groups is 2. The molecule has 0 saturated carbocycles. The van der Waals surface area contributed by atoms with E-state index in [0.29, 0.717) is 11.3 Å². The van der Waals surface area contributed by atoms with Crippen molar-refractivity contribution in [2.45, 2.75) is 6.42 Å². The van der Waals surface area contributed by atoms with Crippen LogP contribution in [0.2, 0.25) is 0 Å². The maximum Gasteiger partial charge on any atom is 0.332 e. The van der Waals surface area contributed by atoms with Crippen molar-refractivity contribution in [3.8, 4) is 0 Å². The van der Waals surface area contributed by atoms with E-state index >= 15 is 0 Å². The first-order chi connectivity index (χ1) is 9.56. The lowest BCUT2D eigenvalue weighted by atomic mass is 10.0. The summed E-state index contributed by atoms with van der Waals surface area (Å²) in [6.45, 7) is 0. The smallest absolute Gasteiger partial charge is 0.332 e. The third-order valence-corrected chi connectivity index (χ3v) is 3.18. The predicted molar refractivity (Wildman–Crippen MR) is 77.4 cm³/mol. The average molecular weight is 335 g/mol. The fourth-order valence-electron chi connectivity index (χ4n) is 1.64. The molecule has 0 aliphatic heterocycles. The number of aliphatic carboxylic acids is 1. The van der Waals surface area contributed by atoms with Gasteiger partial charge in [0.2, 0.25) is 0 Å². The molecular weight excluding hydrogens is 324 g/mol. The summed E-state index contributed by atoms with van der Waals surface area (Å²) in [6, 6.07) is 10.1. The van der Waals surface area contributed by atoms with Crippen LogP contribution in [0.5, 0.6) is 0 Å². The van der Waals surface area contributed by atoms with Crippen molar-refractivity contribution < 1.29 is 19.1 Å². The number of hydrogen-bond donors (Lipinski definition) is 1. The quantitative estimate of drug-likeness (QED) is 0.667. The molecule has 1 aromatic carbocycles. The fourth-order valence-corrected chi connectivity index (χ4v) is 1.91. The second kappa shape index (κ2) is 6.34. The van der Waals surface area contributed by atoms with Crippen LogP contribution >= 0.6 is 15.9 Å². The number of hydrogen-bond acceptors (Lipinski definition) is 3. The van der Waals surface area contributed by atoms with Crippen molar-refractivity contribution in [1.82, 2.24) is 0 Å². The Kier molecular flexibility index (Phi) is 4.53. The number of furan rings is 1. The minimum absolute atomic E-state index is 0.00660. The standard InChI is InChI=1S/C15H11BrO4/c16-12-5-3-10(4-6-12)14(17)9-11(15(18)19)8-13-2-1-7-20-13/h1-8H,9H2,(H,18,19). The maximum absolute atomic E-state index is 12.0. The van der Waals surface area contributed by atoms with Gasteiger partial charge in [0.25, 0.3) is 0 Å². The Morgan fingerprint density at radius 1 is 1.20 bits per heavy atom. The van der Waals surface area contributed by atoms with Gasteiger partial charge >= 0.3 is 5.97 Å². The summed E-state index contributed by atoms with van der Waals surface area (Å²) in [5, 5.41) is 9.14. The molecule has 5 heteroatoms. The van der Waals surface area contributed by atoms with Gasteiger partial charge in [-0.1, -0.05) is 28.1 Å². The van der Waals surface area contributed by atoms with Gasteiger partial charge in [0.05, 0.1) is 6.26 Å². The highest BCUT2D eigenvalue weighted by Crippen LogP contribution is 2.16. The number of benzene rings is 1. The molecule has 0 amide bonds. The van der Waals surface area contributed by atoms with Gasteiger partial charge in [0.15, 0.2) is 5.78 Å². The van der Waals surface area contributed by atoms with E-state index in [-0.39, 0.29) is 17.8 Å². The highest BCUT2D eigenvalue weighted by molar-refractivity contribution is 9.10. The van der Waals surface area contributed by atoms with Crippen LogP contribution in [0.25, 0.3) is 6.08 Å². The first-order valence-electron chi connectivity index (χ1n) is 5.82. The summed E-state index contributed by atoms with van der Waals surface area (Å²) < 4.78 is 5.92. The molecule has 0 spiro atoms. The minimum Gasteiger partial charge on any atom is -0.478 e. The third-order valence-electron chi connectivity index (χ3n) is 2.65. The van der Waals surface area contributed by atoms with Crippen LogP contribution < -0.4 is 0 Å². The summed E-state index contributed by atoms with van der Waals surface area (Å²) in [7, 11) is 0. The van der Waals surface area contributed by atoms with Crippen LogP contribution in [0.4, 0.5) is 0 Å². The number of carboxylic acids is 1. The number of halogens is 1. The van der Waals surface area contributed by atoms with E-state index in [9.17, 15) is 9.59 Å². The van der Waals surface area contributed by atoms with Gasteiger partial charge in [-0.25, -0.2) is 4.79 Å². The summed E-state index contributed by atoms with van der Waals surface area (Å²) in [6.07, 6.45) is 2.62. The minimum atomic E-state index is -1.13. The Morgan fingerprint density at radius 2 is 1.90 bits per heavy atom. The van der Waals surface area contributed by atoms with Gasteiger partial charge in [-0.2, -0.15) is 0 Å². The Hall–Kier alpha value is -2.14. The molecule has 0 saturated heterocycles. The lowest BCUT2D eigenvalue weighted by Gasteiger charge is -2.02. The molecule has 0 aliphatic rings. The number of carboxylic acid groups (broad SMARTS) is 1.